The molecule has 2 aromatic carbocycles. The van der Waals surface area contributed by atoms with Crippen LogP contribution in [0.2, 0.25) is 0 Å². The Bertz CT molecular complexity index is 978. The van der Waals surface area contributed by atoms with Crippen molar-refractivity contribution < 1.29 is 18.1 Å². The van der Waals surface area contributed by atoms with Crippen LogP contribution in [-0.2, 0) is 14.8 Å². The SMILES string of the molecule is CC(C)c1ccc(S(=O)(=O)N2CC[NH+](CC(=O)Nc3ccc(N(C)C)cc3)CC2)cc1. The Labute approximate surface area is 185 Å². The molecule has 1 fully saturated rings. The minimum Gasteiger partial charge on any atom is -0.378 e. The lowest BCUT2D eigenvalue weighted by Gasteiger charge is -2.31. The van der Waals surface area contributed by atoms with Crippen LogP contribution < -0.4 is 15.1 Å². The third-order valence-corrected chi connectivity index (χ3v) is 7.60. The zero-order chi connectivity index (χ0) is 22.6. The number of hydrogen-bond donors (Lipinski definition) is 2. The van der Waals surface area contributed by atoms with E-state index in [9.17, 15) is 13.2 Å². The minimum atomic E-state index is -3.50. The van der Waals surface area contributed by atoms with Gasteiger partial charge in [-0.05, 0) is 47.9 Å². The molecule has 0 atom stereocenters. The summed E-state index contributed by atoms with van der Waals surface area (Å²) in [5.74, 6) is 0.300. The summed E-state index contributed by atoms with van der Waals surface area (Å²) < 4.78 is 27.4. The van der Waals surface area contributed by atoms with Crippen molar-refractivity contribution in [3.05, 3.63) is 54.1 Å². The molecule has 168 valence electrons. The normalized spacial score (nSPS) is 15.8. The Morgan fingerprint density at radius 2 is 1.61 bits per heavy atom. The van der Waals surface area contributed by atoms with E-state index in [1.807, 2.05) is 55.4 Å². The Kier molecular flexibility index (Phi) is 7.35. The number of quaternary nitrogens is 1. The molecule has 0 radical (unpaired) electrons. The van der Waals surface area contributed by atoms with Crippen molar-refractivity contribution >= 4 is 27.3 Å². The van der Waals surface area contributed by atoms with Crippen molar-refractivity contribution in [3.8, 4) is 0 Å². The number of hydrogen-bond acceptors (Lipinski definition) is 4. The fourth-order valence-corrected chi connectivity index (χ4v) is 5.11. The van der Waals surface area contributed by atoms with Gasteiger partial charge in [-0.1, -0.05) is 26.0 Å². The second kappa shape index (κ2) is 9.80. The quantitative estimate of drug-likeness (QED) is 0.676. The summed E-state index contributed by atoms with van der Waals surface area (Å²) in [4.78, 5) is 15.8. The summed E-state index contributed by atoms with van der Waals surface area (Å²) in [6, 6.07) is 14.8. The summed E-state index contributed by atoms with van der Waals surface area (Å²) in [5, 5.41) is 2.93. The molecule has 0 aliphatic carbocycles. The largest absolute Gasteiger partial charge is 0.378 e. The van der Waals surface area contributed by atoms with Gasteiger partial charge in [0.15, 0.2) is 6.54 Å². The summed E-state index contributed by atoms with van der Waals surface area (Å²) in [6.07, 6.45) is 0. The summed E-state index contributed by atoms with van der Waals surface area (Å²) in [6.45, 7) is 6.53. The van der Waals surface area contributed by atoms with Gasteiger partial charge in [-0.15, -0.1) is 0 Å². The number of nitrogens with zero attached hydrogens (tertiary/aromatic N) is 2. The van der Waals surface area contributed by atoms with Gasteiger partial charge in [0.2, 0.25) is 10.0 Å². The first-order chi connectivity index (χ1) is 14.7. The lowest BCUT2D eigenvalue weighted by atomic mass is 10.0. The maximum atomic E-state index is 12.9. The van der Waals surface area contributed by atoms with E-state index in [-0.39, 0.29) is 5.91 Å². The van der Waals surface area contributed by atoms with Crippen LogP contribution >= 0.6 is 0 Å². The van der Waals surface area contributed by atoms with Crippen LogP contribution in [-0.4, -0.2) is 65.4 Å². The van der Waals surface area contributed by atoms with Crippen LogP contribution in [0.1, 0.15) is 25.3 Å². The Morgan fingerprint density at radius 3 is 2.13 bits per heavy atom. The van der Waals surface area contributed by atoms with E-state index in [0.29, 0.717) is 43.5 Å². The number of benzene rings is 2. The number of anilines is 2. The lowest BCUT2D eigenvalue weighted by Crippen LogP contribution is -3.15. The summed E-state index contributed by atoms with van der Waals surface area (Å²) >= 11 is 0. The van der Waals surface area contributed by atoms with Gasteiger partial charge in [0.1, 0.15) is 0 Å². The van der Waals surface area contributed by atoms with E-state index in [1.165, 1.54) is 4.31 Å². The zero-order valence-electron chi connectivity index (χ0n) is 18.8. The van der Waals surface area contributed by atoms with E-state index in [1.54, 1.807) is 12.1 Å². The van der Waals surface area contributed by atoms with Crippen molar-refractivity contribution in [2.75, 3.05) is 57.0 Å². The number of carbonyl (C=O) groups excluding carboxylic acids is 1. The molecule has 7 nitrogen and oxygen atoms in total. The molecule has 1 amide bonds. The molecule has 0 bridgehead atoms. The molecule has 3 rings (SSSR count). The first-order valence-corrected chi connectivity index (χ1v) is 12.1. The number of carbonyl (C=O) groups is 1. The molecule has 1 heterocycles. The highest BCUT2D eigenvalue weighted by atomic mass is 32.2. The van der Waals surface area contributed by atoms with Crippen LogP contribution in [0.25, 0.3) is 0 Å². The topological polar surface area (TPSA) is 74.2 Å². The highest BCUT2D eigenvalue weighted by Crippen LogP contribution is 2.20. The predicted molar refractivity (Wildman–Crippen MR) is 124 cm³/mol. The average molecular weight is 446 g/mol. The molecular weight excluding hydrogens is 412 g/mol. The van der Waals surface area contributed by atoms with E-state index >= 15 is 0 Å². The van der Waals surface area contributed by atoms with Crippen molar-refractivity contribution in [1.82, 2.24) is 4.31 Å². The smallest absolute Gasteiger partial charge is 0.279 e. The summed E-state index contributed by atoms with van der Waals surface area (Å²) in [7, 11) is 0.439. The maximum Gasteiger partial charge on any atom is 0.279 e. The minimum absolute atomic E-state index is 0.0619. The predicted octanol–water partition coefficient (Wildman–Crippen LogP) is 1.40. The van der Waals surface area contributed by atoms with E-state index in [4.69, 9.17) is 0 Å². The van der Waals surface area contributed by atoms with E-state index < -0.39 is 10.0 Å². The molecule has 0 saturated carbocycles. The second-order valence-corrected chi connectivity index (χ2v) is 10.5. The number of amides is 1. The maximum absolute atomic E-state index is 12.9. The third-order valence-electron chi connectivity index (χ3n) is 5.69. The first kappa shape index (κ1) is 23.2. The highest BCUT2D eigenvalue weighted by molar-refractivity contribution is 7.89. The van der Waals surface area contributed by atoms with Gasteiger partial charge < -0.3 is 15.1 Å². The first-order valence-electron chi connectivity index (χ1n) is 10.7. The van der Waals surface area contributed by atoms with Gasteiger partial charge in [0.25, 0.3) is 5.91 Å². The molecular formula is C23H33N4O3S+. The zero-order valence-corrected chi connectivity index (χ0v) is 19.6. The van der Waals surface area contributed by atoms with Crippen LogP contribution in [0, 0.1) is 0 Å². The molecule has 1 aliphatic heterocycles. The summed E-state index contributed by atoms with van der Waals surface area (Å²) in [5.41, 5.74) is 2.96. The Hall–Kier alpha value is -2.42. The molecule has 0 aromatic heterocycles. The second-order valence-electron chi connectivity index (χ2n) is 8.54. The standard InChI is InChI=1S/C23H32N4O3S/c1-18(2)19-5-11-22(12-6-19)31(29,30)27-15-13-26(14-16-27)17-23(28)24-20-7-9-21(10-8-20)25(3)4/h5-12,18H,13-17H2,1-4H3,(H,24,28)/p+1. The average Bonchev–Trinajstić information content (AvgIpc) is 2.74. The van der Waals surface area contributed by atoms with Gasteiger partial charge in [-0.2, -0.15) is 4.31 Å². The number of nitrogens with one attached hydrogen (secondary N) is 2. The Balaban J connectivity index is 1.52. The van der Waals surface area contributed by atoms with Gasteiger partial charge >= 0.3 is 0 Å². The molecule has 1 saturated heterocycles. The van der Waals surface area contributed by atoms with E-state index in [2.05, 4.69) is 19.2 Å². The molecule has 2 N–H and O–H groups in total. The molecule has 8 heteroatoms. The molecule has 2 aromatic rings. The van der Waals surface area contributed by atoms with Gasteiger partial charge in [-0.3, -0.25) is 4.79 Å². The molecule has 31 heavy (non-hydrogen) atoms. The van der Waals surface area contributed by atoms with Gasteiger partial charge in [0, 0.05) is 25.5 Å². The number of rotatable bonds is 7. The van der Waals surface area contributed by atoms with Crippen LogP contribution in [0.3, 0.4) is 0 Å². The van der Waals surface area contributed by atoms with Crippen molar-refractivity contribution in [1.29, 1.82) is 0 Å². The number of sulfonamides is 1. The third kappa shape index (κ3) is 5.84. The highest BCUT2D eigenvalue weighted by Gasteiger charge is 2.31. The lowest BCUT2D eigenvalue weighted by molar-refractivity contribution is -0.895. The fourth-order valence-electron chi connectivity index (χ4n) is 3.67. The van der Waals surface area contributed by atoms with Crippen LogP contribution in [0.15, 0.2) is 53.4 Å². The van der Waals surface area contributed by atoms with Gasteiger partial charge in [-0.25, -0.2) is 8.42 Å². The van der Waals surface area contributed by atoms with Crippen molar-refractivity contribution in [2.45, 2.75) is 24.7 Å². The van der Waals surface area contributed by atoms with Gasteiger partial charge in [0.05, 0.1) is 31.1 Å². The van der Waals surface area contributed by atoms with Crippen molar-refractivity contribution in [2.24, 2.45) is 0 Å². The van der Waals surface area contributed by atoms with Crippen LogP contribution in [0.4, 0.5) is 11.4 Å². The monoisotopic (exact) mass is 445 g/mol. The fraction of sp³-hybridized carbons (Fsp3) is 0.435. The van der Waals surface area contributed by atoms with E-state index in [0.717, 1.165) is 21.8 Å². The van der Waals surface area contributed by atoms with Crippen LogP contribution in [0.5, 0.6) is 0 Å². The Morgan fingerprint density at radius 1 is 1.03 bits per heavy atom. The molecule has 1 aliphatic rings. The molecule has 0 spiro atoms. The van der Waals surface area contributed by atoms with Crippen molar-refractivity contribution in [3.63, 3.8) is 0 Å². The number of piperazine rings is 1. The molecule has 0 unspecified atom stereocenters.